The van der Waals surface area contributed by atoms with Crippen LogP contribution in [0.5, 0.6) is 17.2 Å². The van der Waals surface area contributed by atoms with E-state index in [-0.39, 0.29) is 22.8 Å². The van der Waals surface area contributed by atoms with Crippen molar-refractivity contribution in [3.63, 3.8) is 0 Å². The third-order valence-electron chi connectivity index (χ3n) is 6.99. The second-order valence-electron chi connectivity index (χ2n) is 9.28. The molecule has 1 amide bonds. The number of aryl methyl sites for hydroxylation is 1. The molecule has 8 heteroatoms. The van der Waals surface area contributed by atoms with E-state index < -0.39 is 17.7 Å². The van der Waals surface area contributed by atoms with Crippen molar-refractivity contribution < 1.29 is 29.3 Å². The van der Waals surface area contributed by atoms with Crippen LogP contribution in [0.3, 0.4) is 0 Å². The number of rotatable bonds is 6. The molecule has 0 bridgehead atoms. The van der Waals surface area contributed by atoms with Crippen molar-refractivity contribution in [3.05, 3.63) is 82.9 Å². The van der Waals surface area contributed by atoms with Gasteiger partial charge in [-0.1, -0.05) is 18.2 Å². The largest absolute Gasteiger partial charge is 0.507 e. The molecule has 3 aromatic carbocycles. The van der Waals surface area contributed by atoms with Gasteiger partial charge in [-0.3, -0.25) is 14.5 Å². The van der Waals surface area contributed by atoms with Gasteiger partial charge in [0.1, 0.15) is 24.7 Å². The van der Waals surface area contributed by atoms with Crippen LogP contribution in [0.2, 0.25) is 0 Å². The number of ketones is 1. The highest BCUT2D eigenvalue weighted by atomic mass is 16.6. The predicted octanol–water partition coefficient (Wildman–Crippen LogP) is 4.94. The maximum atomic E-state index is 13.5. The Morgan fingerprint density at radius 3 is 2.32 bits per heavy atom. The molecule has 2 aliphatic rings. The van der Waals surface area contributed by atoms with Crippen LogP contribution >= 0.6 is 0 Å². The molecule has 196 valence electrons. The van der Waals surface area contributed by atoms with Crippen LogP contribution in [0, 0.1) is 6.92 Å². The number of benzene rings is 3. The molecule has 1 saturated heterocycles. The summed E-state index contributed by atoms with van der Waals surface area (Å²) in [5.74, 6) is -1.14. The van der Waals surface area contributed by atoms with Crippen molar-refractivity contribution in [2.45, 2.75) is 26.8 Å². The normalized spacial score (nSPS) is 18.1. The van der Waals surface area contributed by atoms with Gasteiger partial charge < -0.3 is 24.6 Å². The van der Waals surface area contributed by atoms with Crippen LogP contribution in [-0.4, -0.2) is 48.2 Å². The number of Topliss-reactive ketones (excluding diaryl/α,β-unsaturated/α-hetero) is 1. The number of phenolic OH excluding ortho intramolecular Hbond substituents is 1. The summed E-state index contributed by atoms with van der Waals surface area (Å²) in [5, 5.41) is 22.2. The molecular formula is C30H30N2O6. The minimum absolute atomic E-state index is 0.0665. The molecule has 5 rings (SSSR count). The molecule has 0 saturated carbocycles. The van der Waals surface area contributed by atoms with E-state index in [1.807, 2.05) is 31.2 Å². The first-order chi connectivity index (χ1) is 18.3. The number of amides is 1. The van der Waals surface area contributed by atoms with Crippen LogP contribution in [0.4, 0.5) is 11.4 Å². The van der Waals surface area contributed by atoms with Crippen molar-refractivity contribution in [2.24, 2.45) is 0 Å². The topological polar surface area (TPSA) is 99.5 Å². The number of fused-ring (bicyclic) bond motifs is 1. The van der Waals surface area contributed by atoms with Gasteiger partial charge in [-0.15, -0.1) is 0 Å². The maximum Gasteiger partial charge on any atom is 0.300 e. The van der Waals surface area contributed by atoms with Gasteiger partial charge >= 0.3 is 0 Å². The first-order valence-electron chi connectivity index (χ1n) is 12.7. The minimum atomic E-state index is -0.957. The maximum absolute atomic E-state index is 13.5. The molecule has 3 aromatic rings. The highest BCUT2D eigenvalue weighted by Gasteiger charge is 2.47. The van der Waals surface area contributed by atoms with Gasteiger partial charge in [-0.2, -0.15) is 0 Å². The summed E-state index contributed by atoms with van der Waals surface area (Å²) in [7, 11) is 0. The van der Waals surface area contributed by atoms with Crippen LogP contribution in [0.25, 0.3) is 5.76 Å². The number of anilines is 2. The second kappa shape index (κ2) is 10.1. The van der Waals surface area contributed by atoms with Crippen molar-refractivity contribution >= 4 is 28.8 Å². The van der Waals surface area contributed by atoms with E-state index in [2.05, 4.69) is 18.7 Å². The molecule has 1 unspecified atom stereocenters. The summed E-state index contributed by atoms with van der Waals surface area (Å²) >= 11 is 0. The van der Waals surface area contributed by atoms with Crippen molar-refractivity contribution in [3.8, 4) is 17.2 Å². The Kier molecular flexibility index (Phi) is 6.72. The standard InChI is InChI=1S/C30H30N2O6/c1-4-31(5-2)21-10-7-19(8-11-21)27-26(28(34)20-9-13-24-25(17-20)38-15-14-37-24)29(35)30(36)32(27)22-16-18(3)6-12-23(22)33/h6-13,16-17,27,33-34H,4-5,14-15H2,1-3H3/b28-26-. The predicted molar refractivity (Wildman–Crippen MR) is 145 cm³/mol. The fourth-order valence-electron chi connectivity index (χ4n) is 5.03. The molecule has 2 heterocycles. The first-order valence-corrected chi connectivity index (χ1v) is 12.7. The van der Waals surface area contributed by atoms with E-state index in [0.29, 0.717) is 35.8 Å². The molecule has 1 atom stereocenters. The summed E-state index contributed by atoms with van der Waals surface area (Å²) in [6.07, 6.45) is 0. The molecular weight excluding hydrogens is 484 g/mol. The zero-order valence-corrected chi connectivity index (χ0v) is 21.6. The molecule has 2 aliphatic heterocycles. The summed E-state index contributed by atoms with van der Waals surface area (Å²) in [4.78, 5) is 30.4. The van der Waals surface area contributed by atoms with Crippen LogP contribution in [0.1, 0.15) is 36.6 Å². The molecule has 38 heavy (non-hydrogen) atoms. The fraction of sp³-hybridized carbons (Fsp3) is 0.267. The molecule has 0 aromatic heterocycles. The summed E-state index contributed by atoms with van der Waals surface area (Å²) in [5.41, 5.74) is 2.89. The molecule has 0 aliphatic carbocycles. The third-order valence-corrected chi connectivity index (χ3v) is 6.99. The van der Waals surface area contributed by atoms with Crippen LogP contribution in [0.15, 0.2) is 66.2 Å². The number of carbonyl (C=O) groups excluding carboxylic acids is 2. The van der Waals surface area contributed by atoms with Gasteiger partial charge in [0.2, 0.25) is 0 Å². The number of phenols is 1. The Morgan fingerprint density at radius 1 is 0.947 bits per heavy atom. The smallest absolute Gasteiger partial charge is 0.300 e. The van der Waals surface area contributed by atoms with Gasteiger partial charge in [0.15, 0.2) is 11.5 Å². The van der Waals surface area contributed by atoms with E-state index in [4.69, 9.17) is 9.47 Å². The second-order valence-corrected chi connectivity index (χ2v) is 9.28. The Balaban J connectivity index is 1.68. The van der Waals surface area contributed by atoms with Gasteiger partial charge in [0, 0.05) is 24.3 Å². The Hall–Kier alpha value is -4.46. The van der Waals surface area contributed by atoms with E-state index in [1.165, 1.54) is 11.0 Å². The zero-order chi connectivity index (χ0) is 27.0. The summed E-state index contributed by atoms with van der Waals surface area (Å²) < 4.78 is 11.2. The zero-order valence-electron chi connectivity index (χ0n) is 21.6. The van der Waals surface area contributed by atoms with Gasteiger partial charge in [-0.05, 0) is 74.4 Å². The first kappa shape index (κ1) is 25.2. The number of aromatic hydroxyl groups is 1. The Bertz CT molecular complexity index is 1430. The number of hydrogen-bond donors (Lipinski definition) is 2. The van der Waals surface area contributed by atoms with E-state index in [9.17, 15) is 19.8 Å². The monoisotopic (exact) mass is 514 g/mol. The molecule has 0 spiro atoms. The highest BCUT2D eigenvalue weighted by Crippen LogP contribution is 2.46. The lowest BCUT2D eigenvalue weighted by atomic mass is 9.94. The molecule has 8 nitrogen and oxygen atoms in total. The van der Waals surface area contributed by atoms with Crippen LogP contribution in [-0.2, 0) is 9.59 Å². The third kappa shape index (κ3) is 4.32. The van der Waals surface area contributed by atoms with Crippen molar-refractivity contribution in [1.29, 1.82) is 0 Å². The number of carbonyl (C=O) groups is 2. The average Bonchev–Trinajstić information content (AvgIpc) is 3.20. The fourth-order valence-corrected chi connectivity index (χ4v) is 5.03. The molecule has 0 radical (unpaired) electrons. The minimum Gasteiger partial charge on any atom is -0.507 e. The van der Waals surface area contributed by atoms with E-state index in [0.717, 1.165) is 24.3 Å². The van der Waals surface area contributed by atoms with Crippen molar-refractivity contribution in [2.75, 3.05) is 36.1 Å². The highest BCUT2D eigenvalue weighted by molar-refractivity contribution is 6.52. The van der Waals surface area contributed by atoms with Gasteiger partial charge in [-0.25, -0.2) is 0 Å². The van der Waals surface area contributed by atoms with Gasteiger partial charge in [0.25, 0.3) is 11.7 Å². The molecule has 2 N–H and O–H groups in total. The Morgan fingerprint density at radius 2 is 1.63 bits per heavy atom. The lowest BCUT2D eigenvalue weighted by molar-refractivity contribution is -0.132. The quantitative estimate of drug-likeness (QED) is 0.273. The van der Waals surface area contributed by atoms with Gasteiger partial charge in [0.05, 0.1) is 17.3 Å². The van der Waals surface area contributed by atoms with Crippen LogP contribution < -0.4 is 19.3 Å². The number of hydrogen-bond acceptors (Lipinski definition) is 7. The molecule has 1 fully saturated rings. The van der Waals surface area contributed by atoms with Crippen molar-refractivity contribution in [1.82, 2.24) is 0 Å². The lowest BCUT2D eigenvalue weighted by Crippen LogP contribution is -2.29. The number of ether oxygens (including phenoxy) is 2. The Labute approximate surface area is 221 Å². The SMILES string of the molecule is CCN(CC)c1ccc(C2/C(=C(/O)c3ccc4c(c3)OCCO4)C(=O)C(=O)N2c2cc(C)ccc2O)cc1. The summed E-state index contributed by atoms with van der Waals surface area (Å²) in [6, 6.07) is 16.4. The lowest BCUT2D eigenvalue weighted by Gasteiger charge is -2.27. The number of nitrogens with zero attached hydrogens (tertiary/aromatic N) is 2. The summed E-state index contributed by atoms with van der Waals surface area (Å²) in [6.45, 7) is 8.42. The average molecular weight is 515 g/mol. The van der Waals surface area contributed by atoms with E-state index in [1.54, 1.807) is 30.3 Å². The number of aliphatic hydroxyl groups is 1. The van der Waals surface area contributed by atoms with E-state index >= 15 is 0 Å². The number of aliphatic hydroxyl groups excluding tert-OH is 1.